The molecule has 1 aliphatic heterocycles. The number of fused-ring (bicyclic) bond motifs is 1. The van der Waals surface area contributed by atoms with E-state index in [1.165, 1.54) is 5.56 Å². The molecule has 0 spiro atoms. The van der Waals surface area contributed by atoms with Crippen LogP contribution in [0.5, 0.6) is 5.75 Å². The molecule has 7 heteroatoms. The number of ether oxygens (including phenoxy) is 1. The van der Waals surface area contributed by atoms with Crippen molar-refractivity contribution in [3.8, 4) is 28.3 Å². The fraction of sp³-hybridized carbons (Fsp3) is 0.357. The van der Waals surface area contributed by atoms with Crippen LogP contribution in [-0.4, -0.2) is 65.1 Å². The van der Waals surface area contributed by atoms with E-state index in [2.05, 4.69) is 77.1 Å². The summed E-state index contributed by atoms with van der Waals surface area (Å²) in [5.41, 5.74) is 6.28. The molecule has 1 aliphatic rings. The number of benzene rings is 2. The SMILES string of the molecule is CCC(C)(c1ccc(-c2nc3c(-c4ccc(OC)cc4)ccnc3[nH]2)cc1)N1CCN(C)CC1.Cl. The predicted octanol–water partition coefficient (Wildman–Crippen LogP) is 5.59. The number of aromatic nitrogens is 3. The molecule has 1 unspecified atom stereocenters. The lowest BCUT2D eigenvalue weighted by Gasteiger charge is -2.45. The first-order chi connectivity index (χ1) is 16.5. The smallest absolute Gasteiger partial charge is 0.158 e. The minimum absolute atomic E-state index is 0. The number of H-pyrrole nitrogens is 1. The Morgan fingerprint density at radius 3 is 2.23 bits per heavy atom. The summed E-state index contributed by atoms with van der Waals surface area (Å²) in [4.78, 5) is 17.9. The van der Waals surface area contributed by atoms with Crippen molar-refractivity contribution in [1.29, 1.82) is 0 Å². The van der Waals surface area contributed by atoms with Gasteiger partial charge in [0, 0.05) is 49.0 Å². The predicted molar refractivity (Wildman–Crippen MR) is 145 cm³/mol. The molecule has 1 atom stereocenters. The molecule has 1 saturated heterocycles. The standard InChI is InChI=1S/C28H33N5O.ClH/c1-5-28(2,33-18-16-32(3)17-19-33)22-10-6-21(7-11-22)26-30-25-24(14-15-29-27(25)31-26)20-8-12-23(34-4)13-9-20;/h6-15H,5,16-19H2,1-4H3,(H,29,30,31);1H. The summed E-state index contributed by atoms with van der Waals surface area (Å²) < 4.78 is 5.30. The second-order valence-electron chi connectivity index (χ2n) is 9.36. The van der Waals surface area contributed by atoms with E-state index >= 15 is 0 Å². The van der Waals surface area contributed by atoms with Gasteiger partial charge in [-0.1, -0.05) is 43.3 Å². The molecule has 6 nitrogen and oxygen atoms in total. The van der Waals surface area contributed by atoms with E-state index in [4.69, 9.17) is 9.72 Å². The van der Waals surface area contributed by atoms with Crippen molar-refractivity contribution >= 4 is 23.6 Å². The zero-order valence-electron chi connectivity index (χ0n) is 20.9. The molecule has 184 valence electrons. The normalized spacial score (nSPS) is 16.6. The van der Waals surface area contributed by atoms with Crippen molar-refractivity contribution in [2.24, 2.45) is 0 Å². The Kier molecular flexibility index (Phi) is 7.45. The van der Waals surface area contributed by atoms with Crippen LogP contribution in [0, 0.1) is 0 Å². The molecule has 35 heavy (non-hydrogen) atoms. The molecule has 4 aromatic rings. The van der Waals surface area contributed by atoms with Crippen molar-refractivity contribution in [2.45, 2.75) is 25.8 Å². The largest absolute Gasteiger partial charge is 0.497 e. The zero-order valence-corrected chi connectivity index (χ0v) is 21.7. The molecule has 0 aliphatic carbocycles. The van der Waals surface area contributed by atoms with E-state index in [9.17, 15) is 0 Å². The van der Waals surface area contributed by atoms with Crippen molar-refractivity contribution in [3.05, 3.63) is 66.4 Å². The lowest BCUT2D eigenvalue weighted by atomic mass is 9.86. The van der Waals surface area contributed by atoms with E-state index in [1.54, 1.807) is 7.11 Å². The molecule has 5 rings (SSSR count). The van der Waals surface area contributed by atoms with Crippen LogP contribution in [0.1, 0.15) is 25.8 Å². The molecule has 1 fully saturated rings. The Labute approximate surface area is 213 Å². The van der Waals surface area contributed by atoms with Crippen LogP contribution < -0.4 is 4.74 Å². The molecule has 3 heterocycles. The molecule has 2 aromatic heterocycles. The topological polar surface area (TPSA) is 57.3 Å². The first kappa shape index (κ1) is 25.2. The number of rotatable bonds is 6. The van der Waals surface area contributed by atoms with Crippen molar-refractivity contribution < 1.29 is 4.74 Å². The summed E-state index contributed by atoms with van der Waals surface area (Å²) in [6.45, 7) is 9.11. The second kappa shape index (κ2) is 10.4. The molecule has 0 saturated carbocycles. The van der Waals surface area contributed by atoms with Crippen LogP contribution in [0.4, 0.5) is 0 Å². The minimum atomic E-state index is 0. The minimum Gasteiger partial charge on any atom is -0.497 e. The van der Waals surface area contributed by atoms with Crippen molar-refractivity contribution in [3.63, 3.8) is 0 Å². The molecular weight excluding hydrogens is 458 g/mol. The highest BCUT2D eigenvalue weighted by Crippen LogP contribution is 2.34. The molecular formula is C28H34ClN5O. The van der Waals surface area contributed by atoms with Gasteiger partial charge in [-0.2, -0.15) is 0 Å². The molecule has 1 N–H and O–H groups in total. The highest BCUT2D eigenvalue weighted by Gasteiger charge is 2.33. The van der Waals surface area contributed by atoms with Gasteiger partial charge >= 0.3 is 0 Å². The van der Waals surface area contributed by atoms with Gasteiger partial charge in [0.25, 0.3) is 0 Å². The first-order valence-electron chi connectivity index (χ1n) is 12.1. The summed E-state index contributed by atoms with van der Waals surface area (Å²) in [5.74, 6) is 1.68. The van der Waals surface area contributed by atoms with Crippen molar-refractivity contribution in [1.82, 2.24) is 24.8 Å². The van der Waals surface area contributed by atoms with Gasteiger partial charge < -0.3 is 14.6 Å². The number of aromatic amines is 1. The molecule has 0 amide bonds. The Balaban J connectivity index is 0.00000289. The summed E-state index contributed by atoms with van der Waals surface area (Å²) in [6, 6.07) is 19.0. The highest BCUT2D eigenvalue weighted by molar-refractivity contribution is 5.91. The average Bonchev–Trinajstić information content (AvgIpc) is 3.33. The number of nitrogens with zero attached hydrogens (tertiary/aromatic N) is 4. The van der Waals surface area contributed by atoms with Gasteiger partial charge in [0.1, 0.15) is 17.1 Å². The summed E-state index contributed by atoms with van der Waals surface area (Å²) in [7, 11) is 3.89. The molecule has 0 bridgehead atoms. The number of methoxy groups -OCH3 is 1. The number of hydrogen-bond donors (Lipinski definition) is 1. The Morgan fingerprint density at radius 2 is 1.60 bits per heavy atom. The zero-order chi connectivity index (χ0) is 23.7. The lowest BCUT2D eigenvalue weighted by molar-refractivity contribution is 0.0458. The van der Waals surface area contributed by atoms with Gasteiger partial charge in [0.05, 0.1) is 7.11 Å². The number of nitrogens with one attached hydrogen (secondary N) is 1. The summed E-state index contributed by atoms with van der Waals surface area (Å²) in [5, 5.41) is 0. The van der Waals surface area contributed by atoms with Crippen LogP contribution in [0.2, 0.25) is 0 Å². The fourth-order valence-electron chi connectivity index (χ4n) is 4.95. The number of pyridine rings is 1. The van der Waals surface area contributed by atoms with Gasteiger partial charge in [-0.25, -0.2) is 9.97 Å². The summed E-state index contributed by atoms with van der Waals surface area (Å²) in [6.07, 6.45) is 2.91. The molecule has 0 radical (unpaired) electrons. The Morgan fingerprint density at radius 1 is 0.943 bits per heavy atom. The van der Waals surface area contributed by atoms with Crippen LogP contribution in [-0.2, 0) is 5.54 Å². The van der Waals surface area contributed by atoms with Crippen LogP contribution in [0.15, 0.2) is 60.8 Å². The first-order valence-corrected chi connectivity index (χ1v) is 12.1. The number of halogens is 1. The third-order valence-corrected chi connectivity index (χ3v) is 7.46. The van der Waals surface area contributed by atoms with Crippen LogP contribution >= 0.6 is 12.4 Å². The number of likely N-dealkylation sites (N-methyl/N-ethyl adjacent to an activating group) is 1. The Bertz CT molecular complexity index is 1260. The second-order valence-corrected chi connectivity index (χ2v) is 9.36. The maximum absolute atomic E-state index is 5.30. The van der Waals surface area contributed by atoms with E-state index in [0.717, 1.165) is 72.0 Å². The van der Waals surface area contributed by atoms with Gasteiger partial charge in [-0.15, -0.1) is 12.4 Å². The molecule has 2 aromatic carbocycles. The van der Waals surface area contributed by atoms with E-state index in [0.29, 0.717) is 0 Å². The van der Waals surface area contributed by atoms with E-state index in [-0.39, 0.29) is 17.9 Å². The summed E-state index contributed by atoms with van der Waals surface area (Å²) >= 11 is 0. The van der Waals surface area contributed by atoms with Crippen molar-refractivity contribution in [2.75, 3.05) is 40.3 Å². The maximum Gasteiger partial charge on any atom is 0.158 e. The number of piperazine rings is 1. The Hall–Kier alpha value is -2.93. The van der Waals surface area contributed by atoms with Crippen LogP contribution in [0.25, 0.3) is 33.7 Å². The third-order valence-electron chi connectivity index (χ3n) is 7.46. The lowest BCUT2D eigenvalue weighted by Crippen LogP contribution is -2.53. The van der Waals surface area contributed by atoms with Gasteiger partial charge in [-0.05, 0) is 49.7 Å². The number of hydrogen-bond acceptors (Lipinski definition) is 5. The third kappa shape index (κ3) is 4.79. The average molecular weight is 492 g/mol. The van der Waals surface area contributed by atoms with Crippen LogP contribution in [0.3, 0.4) is 0 Å². The van der Waals surface area contributed by atoms with E-state index < -0.39 is 0 Å². The fourth-order valence-corrected chi connectivity index (χ4v) is 4.95. The maximum atomic E-state index is 5.30. The van der Waals surface area contributed by atoms with E-state index in [1.807, 2.05) is 24.4 Å². The number of imidazole rings is 1. The quantitative estimate of drug-likeness (QED) is 0.380. The highest BCUT2D eigenvalue weighted by atomic mass is 35.5. The monoisotopic (exact) mass is 491 g/mol. The van der Waals surface area contributed by atoms with Gasteiger partial charge in [-0.3, -0.25) is 4.90 Å². The van der Waals surface area contributed by atoms with Gasteiger partial charge in [0.15, 0.2) is 5.65 Å². The van der Waals surface area contributed by atoms with Gasteiger partial charge in [0.2, 0.25) is 0 Å².